The van der Waals surface area contributed by atoms with Crippen molar-refractivity contribution in [2.75, 3.05) is 0 Å². The van der Waals surface area contributed by atoms with Gasteiger partial charge < -0.3 is 4.74 Å². The number of benzene rings is 1. The minimum Gasteiger partial charge on any atom is -0.426 e. The Kier molecular flexibility index (Phi) is 4.55. The van der Waals surface area contributed by atoms with Gasteiger partial charge in [-0.05, 0) is 50.3 Å². The molecule has 0 heterocycles. The third-order valence-corrected chi connectivity index (χ3v) is 3.43. The average Bonchev–Trinajstić information content (AvgIpc) is 2.28. The molecule has 0 aliphatic carbocycles. The number of aryl methyl sites for hydroxylation is 1. The Morgan fingerprint density at radius 2 is 1.94 bits per heavy atom. The van der Waals surface area contributed by atoms with Crippen LogP contribution in [0.3, 0.4) is 0 Å². The Morgan fingerprint density at radius 3 is 2.44 bits per heavy atom. The number of hydrogen-bond acceptors (Lipinski definition) is 2. The summed E-state index contributed by atoms with van der Waals surface area (Å²) < 4.78 is 5.60. The van der Waals surface area contributed by atoms with Crippen LogP contribution in [0.2, 0.25) is 0 Å². The van der Waals surface area contributed by atoms with Gasteiger partial charge in [0.05, 0.1) is 5.41 Å². The van der Waals surface area contributed by atoms with E-state index in [9.17, 15) is 4.79 Å². The first-order valence-corrected chi connectivity index (χ1v) is 6.60. The maximum atomic E-state index is 12.1. The molecule has 0 spiro atoms. The van der Waals surface area contributed by atoms with Crippen LogP contribution in [0.25, 0.3) is 0 Å². The third kappa shape index (κ3) is 3.34. The number of esters is 1. The first-order valence-electron chi connectivity index (χ1n) is 6.60. The SMILES string of the molecule is CCC(C)(C)C(=O)Oc1cc(C)ccc1C(C)C. The molecule has 0 unspecified atom stereocenters. The standard InChI is InChI=1S/C16H24O2/c1-7-16(5,6)15(17)18-14-10-12(4)8-9-13(14)11(2)3/h8-11H,7H2,1-6H3. The lowest BCUT2D eigenvalue weighted by Gasteiger charge is -2.22. The molecule has 0 amide bonds. The molecule has 0 bridgehead atoms. The van der Waals surface area contributed by atoms with E-state index in [0.717, 1.165) is 17.5 Å². The van der Waals surface area contributed by atoms with Crippen LogP contribution in [-0.2, 0) is 4.79 Å². The van der Waals surface area contributed by atoms with Crippen LogP contribution in [-0.4, -0.2) is 5.97 Å². The van der Waals surface area contributed by atoms with Crippen LogP contribution < -0.4 is 4.74 Å². The molecule has 0 aromatic heterocycles. The monoisotopic (exact) mass is 248 g/mol. The molecule has 0 aliphatic rings. The van der Waals surface area contributed by atoms with Gasteiger partial charge in [0.1, 0.15) is 5.75 Å². The van der Waals surface area contributed by atoms with Gasteiger partial charge >= 0.3 is 5.97 Å². The maximum absolute atomic E-state index is 12.1. The Labute approximate surface area is 110 Å². The van der Waals surface area contributed by atoms with Crippen LogP contribution in [0.5, 0.6) is 5.75 Å². The Morgan fingerprint density at radius 1 is 1.33 bits per heavy atom. The Balaban J connectivity index is 3.03. The highest BCUT2D eigenvalue weighted by molar-refractivity contribution is 5.78. The molecule has 2 nitrogen and oxygen atoms in total. The summed E-state index contributed by atoms with van der Waals surface area (Å²) in [5, 5.41) is 0. The smallest absolute Gasteiger partial charge is 0.316 e. The summed E-state index contributed by atoms with van der Waals surface area (Å²) in [6, 6.07) is 6.04. The third-order valence-electron chi connectivity index (χ3n) is 3.43. The molecule has 0 fully saturated rings. The second kappa shape index (κ2) is 5.55. The lowest BCUT2D eigenvalue weighted by Crippen LogP contribution is -2.28. The molecule has 100 valence electrons. The van der Waals surface area contributed by atoms with Crippen molar-refractivity contribution in [1.29, 1.82) is 0 Å². The highest BCUT2D eigenvalue weighted by atomic mass is 16.5. The predicted octanol–water partition coefficient (Wildman–Crippen LogP) is 4.46. The van der Waals surface area contributed by atoms with Gasteiger partial charge in [-0.3, -0.25) is 4.79 Å². The summed E-state index contributed by atoms with van der Waals surface area (Å²) in [4.78, 5) is 12.1. The number of ether oxygens (including phenoxy) is 1. The number of carbonyl (C=O) groups is 1. The van der Waals surface area contributed by atoms with Crippen LogP contribution in [0.1, 0.15) is 58.1 Å². The molecule has 18 heavy (non-hydrogen) atoms. The van der Waals surface area contributed by atoms with Crippen LogP contribution >= 0.6 is 0 Å². The van der Waals surface area contributed by atoms with Gasteiger partial charge in [0.2, 0.25) is 0 Å². The van der Waals surface area contributed by atoms with Gasteiger partial charge in [0.25, 0.3) is 0 Å². The fourth-order valence-electron chi connectivity index (χ4n) is 1.59. The predicted molar refractivity (Wildman–Crippen MR) is 75.0 cm³/mol. The van der Waals surface area contributed by atoms with Crippen LogP contribution in [0, 0.1) is 12.3 Å². The van der Waals surface area contributed by atoms with Crippen molar-refractivity contribution >= 4 is 5.97 Å². The first kappa shape index (κ1) is 14.7. The number of hydrogen-bond donors (Lipinski definition) is 0. The molecule has 0 atom stereocenters. The maximum Gasteiger partial charge on any atom is 0.316 e. The van der Waals surface area contributed by atoms with E-state index < -0.39 is 5.41 Å². The number of rotatable bonds is 4. The molecule has 0 aliphatic heterocycles. The van der Waals surface area contributed by atoms with Crippen molar-refractivity contribution in [2.24, 2.45) is 5.41 Å². The van der Waals surface area contributed by atoms with Gasteiger partial charge in [-0.2, -0.15) is 0 Å². The second-order valence-electron chi connectivity index (χ2n) is 5.82. The Hall–Kier alpha value is -1.31. The van der Waals surface area contributed by atoms with Crippen molar-refractivity contribution in [1.82, 2.24) is 0 Å². The molecule has 0 radical (unpaired) electrons. The molecule has 2 heteroatoms. The zero-order valence-electron chi connectivity index (χ0n) is 12.3. The van der Waals surface area contributed by atoms with Crippen LogP contribution in [0.15, 0.2) is 18.2 Å². The highest BCUT2D eigenvalue weighted by Crippen LogP contribution is 2.30. The quantitative estimate of drug-likeness (QED) is 0.581. The second-order valence-corrected chi connectivity index (χ2v) is 5.82. The van der Waals surface area contributed by atoms with Gasteiger partial charge in [0.15, 0.2) is 0 Å². The highest BCUT2D eigenvalue weighted by Gasteiger charge is 2.28. The van der Waals surface area contributed by atoms with E-state index in [0.29, 0.717) is 11.7 Å². The minimum absolute atomic E-state index is 0.155. The summed E-state index contributed by atoms with van der Waals surface area (Å²) in [7, 11) is 0. The van der Waals surface area contributed by atoms with Crippen molar-refractivity contribution in [2.45, 2.75) is 53.9 Å². The van der Waals surface area contributed by atoms with Crippen molar-refractivity contribution in [3.8, 4) is 5.75 Å². The summed E-state index contributed by atoms with van der Waals surface area (Å²) in [5.41, 5.74) is 1.76. The molecule has 0 saturated heterocycles. The zero-order valence-corrected chi connectivity index (χ0v) is 12.3. The molecule has 1 rings (SSSR count). The molecular formula is C16H24O2. The van der Waals surface area contributed by atoms with E-state index in [1.807, 2.05) is 39.8 Å². The lowest BCUT2D eigenvalue weighted by atomic mass is 9.90. The fourth-order valence-corrected chi connectivity index (χ4v) is 1.59. The van der Waals surface area contributed by atoms with E-state index in [-0.39, 0.29) is 5.97 Å². The zero-order chi connectivity index (χ0) is 13.9. The van der Waals surface area contributed by atoms with E-state index in [1.165, 1.54) is 0 Å². The molecule has 0 N–H and O–H groups in total. The average molecular weight is 248 g/mol. The fraction of sp³-hybridized carbons (Fsp3) is 0.562. The summed E-state index contributed by atoms with van der Waals surface area (Å²) in [5.74, 6) is 0.896. The molecular weight excluding hydrogens is 224 g/mol. The van der Waals surface area contributed by atoms with Gasteiger partial charge in [0, 0.05) is 0 Å². The number of carbonyl (C=O) groups excluding carboxylic acids is 1. The van der Waals surface area contributed by atoms with E-state index >= 15 is 0 Å². The first-order chi connectivity index (χ1) is 8.27. The van der Waals surface area contributed by atoms with Crippen molar-refractivity contribution in [3.05, 3.63) is 29.3 Å². The molecule has 0 saturated carbocycles. The Bertz CT molecular complexity index is 431. The lowest BCUT2D eigenvalue weighted by molar-refractivity contribution is -0.144. The minimum atomic E-state index is -0.433. The summed E-state index contributed by atoms with van der Waals surface area (Å²) >= 11 is 0. The largest absolute Gasteiger partial charge is 0.426 e. The van der Waals surface area contributed by atoms with E-state index in [4.69, 9.17) is 4.74 Å². The van der Waals surface area contributed by atoms with Crippen molar-refractivity contribution in [3.63, 3.8) is 0 Å². The van der Waals surface area contributed by atoms with Gasteiger partial charge in [-0.25, -0.2) is 0 Å². The summed E-state index contributed by atoms with van der Waals surface area (Å²) in [6.45, 7) is 12.0. The van der Waals surface area contributed by atoms with Gasteiger partial charge in [-0.1, -0.05) is 32.9 Å². The van der Waals surface area contributed by atoms with E-state index in [2.05, 4.69) is 19.9 Å². The summed E-state index contributed by atoms with van der Waals surface area (Å²) in [6.07, 6.45) is 0.772. The molecule has 1 aromatic rings. The van der Waals surface area contributed by atoms with E-state index in [1.54, 1.807) is 0 Å². The normalized spacial score (nSPS) is 11.7. The van der Waals surface area contributed by atoms with Crippen LogP contribution in [0.4, 0.5) is 0 Å². The van der Waals surface area contributed by atoms with Gasteiger partial charge in [-0.15, -0.1) is 0 Å². The topological polar surface area (TPSA) is 26.3 Å². The molecule has 1 aromatic carbocycles. The van der Waals surface area contributed by atoms with Crippen molar-refractivity contribution < 1.29 is 9.53 Å².